The van der Waals surface area contributed by atoms with E-state index in [4.69, 9.17) is 5.11 Å². The molecule has 0 radical (unpaired) electrons. The van der Waals surface area contributed by atoms with E-state index in [1.54, 1.807) is 6.92 Å². The first-order valence-electron chi connectivity index (χ1n) is 4.49. The number of carboxylic acid groups (broad SMARTS) is 1. The number of halogens is 4. The van der Waals surface area contributed by atoms with Gasteiger partial charge >= 0.3 is 12.1 Å². The number of rotatable bonds is 4. The molecule has 0 aliphatic rings. The standard InChI is InChI=1S/C9H9BrF3NO2S/c1-4-5(10)2-6(17-4)7(8(15)16)14-3-9(11,12)13/h2,7,14H,3H2,1H3,(H,15,16). The molecular weight excluding hydrogens is 323 g/mol. The summed E-state index contributed by atoms with van der Waals surface area (Å²) in [5.41, 5.74) is 0. The summed E-state index contributed by atoms with van der Waals surface area (Å²) in [6.45, 7) is 0.416. The zero-order valence-electron chi connectivity index (χ0n) is 8.64. The van der Waals surface area contributed by atoms with E-state index in [1.807, 2.05) is 5.32 Å². The van der Waals surface area contributed by atoms with Crippen LogP contribution in [0, 0.1) is 6.92 Å². The lowest BCUT2D eigenvalue weighted by atomic mass is 10.2. The highest BCUT2D eigenvalue weighted by Gasteiger charge is 2.31. The Morgan fingerprint density at radius 2 is 2.24 bits per heavy atom. The Balaban J connectivity index is 2.83. The molecule has 0 saturated carbocycles. The van der Waals surface area contributed by atoms with Crippen molar-refractivity contribution in [2.75, 3.05) is 6.54 Å². The fourth-order valence-electron chi connectivity index (χ4n) is 1.15. The van der Waals surface area contributed by atoms with Crippen LogP contribution in [0.4, 0.5) is 13.2 Å². The molecule has 8 heteroatoms. The molecule has 2 N–H and O–H groups in total. The van der Waals surface area contributed by atoms with E-state index in [1.165, 1.54) is 6.07 Å². The number of thiophene rings is 1. The topological polar surface area (TPSA) is 49.3 Å². The van der Waals surface area contributed by atoms with Crippen molar-refractivity contribution < 1.29 is 23.1 Å². The molecule has 0 spiro atoms. The van der Waals surface area contributed by atoms with Gasteiger partial charge in [-0.05, 0) is 28.9 Å². The summed E-state index contributed by atoms with van der Waals surface area (Å²) >= 11 is 4.34. The Kier molecular flexibility index (Phi) is 4.56. The molecule has 1 aromatic rings. The third-order valence-electron chi connectivity index (χ3n) is 1.91. The van der Waals surface area contributed by atoms with Gasteiger partial charge in [0.2, 0.25) is 0 Å². The first kappa shape index (κ1) is 14.5. The van der Waals surface area contributed by atoms with Crippen molar-refractivity contribution in [3.63, 3.8) is 0 Å². The normalized spacial score (nSPS) is 13.7. The quantitative estimate of drug-likeness (QED) is 0.891. The van der Waals surface area contributed by atoms with Crippen molar-refractivity contribution in [3.8, 4) is 0 Å². The van der Waals surface area contributed by atoms with Gasteiger partial charge in [0.05, 0.1) is 6.54 Å². The fraction of sp³-hybridized carbons (Fsp3) is 0.444. The van der Waals surface area contributed by atoms with Gasteiger partial charge in [-0.1, -0.05) is 0 Å². The molecule has 1 heterocycles. The Morgan fingerprint density at radius 3 is 2.59 bits per heavy atom. The number of nitrogens with one attached hydrogen (secondary N) is 1. The summed E-state index contributed by atoms with van der Waals surface area (Å²) in [5, 5.41) is 10.9. The van der Waals surface area contributed by atoms with Crippen molar-refractivity contribution >= 4 is 33.2 Å². The lowest BCUT2D eigenvalue weighted by Crippen LogP contribution is -2.35. The minimum atomic E-state index is -4.43. The maximum atomic E-state index is 12.0. The highest BCUT2D eigenvalue weighted by Crippen LogP contribution is 2.31. The van der Waals surface area contributed by atoms with E-state index in [0.29, 0.717) is 9.35 Å². The van der Waals surface area contributed by atoms with Crippen LogP contribution in [0.15, 0.2) is 10.5 Å². The average molecular weight is 332 g/mol. The summed E-state index contributed by atoms with van der Waals surface area (Å²) in [6.07, 6.45) is -4.43. The SMILES string of the molecule is Cc1sc(C(NCC(F)(F)F)C(=O)O)cc1Br. The van der Waals surface area contributed by atoms with Gasteiger partial charge in [-0.3, -0.25) is 10.1 Å². The molecule has 1 atom stereocenters. The fourth-order valence-corrected chi connectivity index (χ4v) is 2.78. The lowest BCUT2D eigenvalue weighted by molar-refractivity contribution is -0.143. The van der Waals surface area contributed by atoms with Gasteiger partial charge in [0, 0.05) is 14.2 Å². The third-order valence-corrected chi connectivity index (χ3v) is 4.12. The number of carbonyl (C=O) groups is 1. The van der Waals surface area contributed by atoms with E-state index >= 15 is 0 Å². The number of aliphatic carboxylic acids is 1. The van der Waals surface area contributed by atoms with Gasteiger partial charge in [0.1, 0.15) is 6.04 Å². The highest BCUT2D eigenvalue weighted by atomic mass is 79.9. The Morgan fingerprint density at radius 1 is 1.65 bits per heavy atom. The molecule has 1 unspecified atom stereocenters. The smallest absolute Gasteiger partial charge is 0.401 e. The molecule has 0 fully saturated rings. The monoisotopic (exact) mass is 331 g/mol. The molecule has 1 rings (SSSR count). The van der Waals surface area contributed by atoms with Crippen LogP contribution in [-0.4, -0.2) is 23.8 Å². The Labute approximate surface area is 108 Å². The zero-order valence-corrected chi connectivity index (χ0v) is 11.0. The van der Waals surface area contributed by atoms with Gasteiger partial charge in [-0.15, -0.1) is 11.3 Å². The van der Waals surface area contributed by atoms with Crippen LogP contribution >= 0.6 is 27.3 Å². The number of aryl methyl sites for hydroxylation is 1. The van der Waals surface area contributed by atoms with Gasteiger partial charge in [-0.25, -0.2) is 0 Å². The third kappa shape index (κ3) is 4.29. The minimum absolute atomic E-state index is 0.339. The number of hydrogen-bond donors (Lipinski definition) is 2. The van der Waals surface area contributed by atoms with E-state index < -0.39 is 24.7 Å². The second-order valence-corrected chi connectivity index (χ2v) is 5.46. The Bertz CT molecular complexity index is 399. The van der Waals surface area contributed by atoms with Crippen LogP contribution < -0.4 is 5.32 Å². The summed E-state index contributed by atoms with van der Waals surface area (Å²) in [6, 6.07) is 0.175. The maximum Gasteiger partial charge on any atom is 0.401 e. The number of hydrogen-bond acceptors (Lipinski definition) is 3. The van der Waals surface area contributed by atoms with Crippen LogP contribution in [0.3, 0.4) is 0 Å². The molecular formula is C9H9BrF3NO2S. The molecule has 0 aromatic carbocycles. The van der Waals surface area contributed by atoms with Crippen molar-refractivity contribution in [2.45, 2.75) is 19.1 Å². The van der Waals surface area contributed by atoms with Crippen molar-refractivity contribution in [2.24, 2.45) is 0 Å². The number of alkyl halides is 3. The zero-order chi connectivity index (χ0) is 13.2. The summed E-state index contributed by atoms with van der Waals surface area (Å²) < 4.78 is 36.7. The first-order chi connectivity index (χ1) is 7.70. The first-order valence-corrected chi connectivity index (χ1v) is 6.10. The molecule has 17 heavy (non-hydrogen) atoms. The highest BCUT2D eigenvalue weighted by molar-refractivity contribution is 9.10. The predicted octanol–water partition coefficient (Wildman–Crippen LogP) is 3.10. The van der Waals surface area contributed by atoms with Crippen LogP contribution in [0.25, 0.3) is 0 Å². The van der Waals surface area contributed by atoms with Crippen molar-refractivity contribution in [3.05, 3.63) is 20.3 Å². The van der Waals surface area contributed by atoms with E-state index in [0.717, 1.165) is 16.2 Å². The van der Waals surface area contributed by atoms with Crippen LogP contribution in [0.5, 0.6) is 0 Å². The lowest BCUT2D eigenvalue weighted by Gasteiger charge is -2.14. The molecule has 0 aliphatic carbocycles. The Hall–Kier alpha value is -0.600. The second-order valence-electron chi connectivity index (χ2n) is 3.32. The number of carboxylic acids is 1. The van der Waals surface area contributed by atoms with Gasteiger partial charge in [0.25, 0.3) is 0 Å². The maximum absolute atomic E-state index is 12.0. The van der Waals surface area contributed by atoms with E-state index in [-0.39, 0.29) is 0 Å². The molecule has 0 saturated heterocycles. The predicted molar refractivity (Wildman–Crippen MR) is 61.2 cm³/mol. The average Bonchev–Trinajstić information content (AvgIpc) is 2.44. The summed E-state index contributed by atoms with van der Waals surface area (Å²) in [7, 11) is 0. The van der Waals surface area contributed by atoms with Gasteiger partial charge in [0.15, 0.2) is 0 Å². The van der Waals surface area contributed by atoms with Gasteiger partial charge < -0.3 is 5.11 Å². The molecule has 1 aromatic heterocycles. The molecule has 0 bridgehead atoms. The van der Waals surface area contributed by atoms with Crippen LogP contribution in [-0.2, 0) is 4.79 Å². The van der Waals surface area contributed by atoms with Crippen LogP contribution in [0.2, 0.25) is 0 Å². The molecule has 3 nitrogen and oxygen atoms in total. The second kappa shape index (κ2) is 5.36. The summed E-state index contributed by atoms with van der Waals surface area (Å²) in [4.78, 5) is 12.1. The molecule has 96 valence electrons. The van der Waals surface area contributed by atoms with E-state index in [2.05, 4.69) is 15.9 Å². The largest absolute Gasteiger partial charge is 0.480 e. The van der Waals surface area contributed by atoms with E-state index in [9.17, 15) is 18.0 Å². The molecule has 0 aliphatic heterocycles. The van der Waals surface area contributed by atoms with Crippen molar-refractivity contribution in [1.29, 1.82) is 0 Å². The minimum Gasteiger partial charge on any atom is -0.480 e. The van der Waals surface area contributed by atoms with Crippen molar-refractivity contribution in [1.82, 2.24) is 5.32 Å². The van der Waals surface area contributed by atoms with Crippen LogP contribution in [0.1, 0.15) is 15.8 Å². The summed E-state index contributed by atoms with van der Waals surface area (Å²) in [5.74, 6) is -1.33. The molecule has 0 amide bonds. The van der Waals surface area contributed by atoms with Gasteiger partial charge in [-0.2, -0.15) is 13.2 Å².